The molecule has 0 aromatic heterocycles. The highest BCUT2D eigenvalue weighted by Gasteiger charge is 2.07. The average Bonchev–Trinajstić information content (AvgIpc) is 2.45. The zero-order valence-electron chi connectivity index (χ0n) is 10.5. The van der Waals surface area contributed by atoms with Crippen LogP contribution in [0.15, 0.2) is 60.7 Å². The average molecular weight is 242 g/mol. The van der Waals surface area contributed by atoms with Crippen molar-refractivity contribution >= 4 is 0 Å². The van der Waals surface area contributed by atoms with Crippen molar-refractivity contribution in [3.63, 3.8) is 0 Å². The Hall–Kier alpha value is -1.64. The molecule has 0 saturated carbocycles. The predicted molar refractivity (Wildman–Crippen MR) is 73.2 cm³/mol. The van der Waals surface area contributed by atoms with Crippen molar-refractivity contribution in [3.8, 4) is 0 Å². The van der Waals surface area contributed by atoms with Gasteiger partial charge in [-0.05, 0) is 11.1 Å². The number of hydrogen-bond donors (Lipinski definition) is 2. The zero-order valence-corrected chi connectivity index (χ0v) is 10.5. The molecule has 0 fully saturated rings. The van der Waals surface area contributed by atoms with E-state index in [1.54, 1.807) is 0 Å². The van der Waals surface area contributed by atoms with E-state index >= 15 is 0 Å². The van der Waals surface area contributed by atoms with Crippen molar-refractivity contribution in [3.05, 3.63) is 71.8 Å². The minimum atomic E-state index is -0.373. The zero-order chi connectivity index (χ0) is 12.6. The molecule has 18 heavy (non-hydrogen) atoms. The minimum Gasteiger partial charge on any atom is -0.382 e. The van der Waals surface area contributed by atoms with Crippen LogP contribution in [-0.2, 0) is 6.42 Å². The van der Waals surface area contributed by atoms with Crippen molar-refractivity contribution in [2.24, 2.45) is 0 Å². The number of hydrogen-bond acceptors (Lipinski definition) is 1. The third-order valence-electron chi connectivity index (χ3n) is 3.05. The summed E-state index contributed by atoms with van der Waals surface area (Å²) in [6.45, 7) is 1.73. The molecule has 2 nitrogen and oxygen atoms in total. The van der Waals surface area contributed by atoms with Crippen LogP contribution in [0.5, 0.6) is 0 Å². The highest BCUT2D eigenvalue weighted by atomic mass is 16.3. The van der Waals surface area contributed by atoms with E-state index in [4.69, 9.17) is 0 Å². The van der Waals surface area contributed by atoms with Crippen LogP contribution in [0.4, 0.5) is 0 Å². The smallest absolute Gasteiger partial charge is 0.128 e. The van der Waals surface area contributed by atoms with Gasteiger partial charge >= 0.3 is 0 Å². The molecule has 0 heterocycles. The van der Waals surface area contributed by atoms with Crippen LogP contribution in [0.2, 0.25) is 0 Å². The maximum Gasteiger partial charge on any atom is 0.128 e. The largest absolute Gasteiger partial charge is 0.382 e. The maximum absolute atomic E-state index is 9.99. The monoisotopic (exact) mass is 242 g/mol. The van der Waals surface area contributed by atoms with E-state index in [2.05, 4.69) is 29.6 Å². The van der Waals surface area contributed by atoms with Crippen LogP contribution >= 0.6 is 0 Å². The normalized spacial score (nSPS) is 12.3. The fraction of sp³-hybridized carbons (Fsp3) is 0.250. The molecular formula is C16H20NO+. The van der Waals surface area contributed by atoms with Gasteiger partial charge in [0.1, 0.15) is 12.6 Å². The van der Waals surface area contributed by atoms with Gasteiger partial charge < -0.3 is 10.4 Å². The van der Waals surface area contributed by atoms with Gasteiger partial charge in [-0.25, -0.2) is 0 Å². The molecule has 0 aliphatic heterocycles. The van der Waals surface area contributed by atoms with E-state index < -0.39 is 0 Å². The summed E-state index contributed by atoms with van der Waals surface area (Å²) in [5, 5.41) is 12.2. The fourth-order valence-electron chi connectivity index (χ4n) is 2.00. The first-order valence-electron chi connectivity index (χ1n) is 6.45. The number of aliphatic hydroxyl groups is 1. The first-order valence-corrected chi connectivity index (χ1v) is 6.45. The molecule has 1 atom stereocenters. The number of benzene rings is 2. The first kappa shape index (κ1) is 12.8. The van der Waals surface area contributed by atoms with Crippen LogP contribution in [0.1, 0.15) is 17.2 Å². The Balaban J connectivity index is 1.70. The summed E-state index contributed by atoms with van der Waals surface area (Å²) in [6, 6.07) is 20.3. The molecule has 2 aromatic carbocycles. The summed E-state index contributed by atoms with van der Waals surface area (Å²) in [6.07, 6.45) is 0.671. The summed E-state index contributed by atoms with van der Waals surface area (Å²) in [5.74, 6) is 0. The van der Waals surface area contributed by atoms with Gasteiger partial charge in [-0.15, -0.1) is 0 Å². The Labute approximate surface area is 108 Å². The van der Waals surface area contributed by atoms with Crippen LogP contribution in [0.3, 0.4) is 0 Å². The molecule has 3 N–H and O–H groups in total. The Morgan fingerprint density at radius 1 is 0.889 bits per heavy atom. The van der Waals surface area contributed by atoms with Crippen LogP contribution in [-0.4, -0.2) is 18.2 Å². The minimum absolute atomic E-state index is 0.373. The number of rotatable bonds is 6. The van der Waals surface area contributed by atoms with Crippen LogP contribution < -0.4 is 5.32 Å². The number of aliphatic hydroxyl groups excluding tert-OH is 1. The van der Waals surface area contributed by atoms with Gasteiger partial charge in [-0.3, -0.25) is 0 Å². The Morgan fingerprint density at radius 3 is 2.17 bits per heavy atom. The Morgan fingerprint density at radius 2 is 1.50 bits per heavy atom. The Bertz CT molecular complexity index is 441. The van der Waals surface area contributed by atoms with Crippen molar-refractivity contribution < 1.29 is 10.4 Å². The van der Waals surface area contributed by atoms with Gasteiger partial charge in [-0.2, -0.15) is 0 Å². The van der Waals surface area contributed by atoms with Gasteiger partial charge in [0.05, 0.1) is 6.54 Å². The molecule has 2 heteroatoms. The second-order valence-corrected chi connectivity index (χ2v) is 4.48. The van der Waals surface area contributed by atoms with Gasteiger partial charge in [0.15, 0.2) is 0 Å². The van der Waals surface area contributed by atoms with E-state index in [1.165, 1.54) is 5.56 Å². The van der Waals surface area contributed by atoms with Gasteiger partial charge in [-0.1, -0.05) is 60.7 Å². The quantitative estimate of drug-likeness (QED) is 0.741. The summed E-state index contributed by atoms with van der Waals surface area (Å²) < 4.78 is 0. The molecule has 0 radical (unpaired) electrons. The van der Waals surface area contributed by atoms with E-state index in [9.17, 15) is 5.11 Å². The van der Waals surface area contributed by atoms with E-state index in [1.807, 2.05) is 36.4 Å². The topological polar surface area (TPSA) is 36.8 Å². The molecule has 0 spiro atoms. The molecule has 0 unspecified atom stereocenters. The predicted octanol–water partition coefficient (Wildman–Crippen LogP) is 1.53. The van der Waals surface area contributed by atoms with E-state index in [0.717, 1.165) is 25.1 Å². The highest BCUT2D eigenvalue weighted by molar-refractivity contribution is 5.17. The van der Waals surface area contributed by atoms with Gasteiger partial charge in [0, 0.05) is 6.42 Å². The second-order valence-electron chi connectivity index (χ2n) is 4.48. The van der Waals surface area contributed by atoms with Crippen molar-refractivity contribution in [2.75, 3.05) is 13.1 Å². The van der Waals surface area contributed by atoms with E-state index in [0.29, 0.717) is 0 Å². The standard InChI is InChI=1S/C16H19NO/c18-16(15-9-5-2-6-10-15)13-17-12-11-14-7-3-1-4-8-14/h1-10,16-18H,11-13H2/p+1/t16-/m1/s1. The summed E-state index contributed by atoms with van der Waals surface area (Å²) in [7, 11) is 0. The van der Waals surface area contributed by atoms with Crippen molar-refractivity contribution in [2.45, 2.75) is 12.5 Å². The second kappa shape index (κ2) is 6.94. The van der Waals surface area contributed by atoms with Crippen LogP contribution in [0, 0.1) is 0 Å². The molecule has 2 aromatic rings. The lowest BCUT2D eigenvalue weighted by molar-refractivity contribution is -0.661. The molecule has 0 bridgehead atoms. The summed E-state index contributed by atoms with van der Waals surface area (Å²) >= 11 is 0. The summed E-state index contributed by atoms with van der Waals surface area (Å²) in [5.41, 5.74) is 2.34. The van der Waals surface area contributed by atoms with Crippen LogP contribution in [0.25, 0.3) is 0 Å². The lowest BCUT2D eigenvalue weighted by Gasteiger charge is -2.09. The fourth-order valence-corrected chi connectivity index (χ4v) is 2.00. The number of nitrogens with two attached hydrogens (primary N) is 1. The molecule has 94 valence electrons. The van der Waals surface area contributed by atoms with Crippen molar-refractivity contribution in [1.82, 2.24) is 0 Å². The highest BCUT2D eigenvalue weighted by Crippen LogP contribution is 2.08. The molecule has 0 aliphatic rings. The molecule has 0 amide bonds. The lowest BCUT2D eigenvalue weighted by Crippen LogP contribution is -2.85. The lowest BCUT2D eigenvalue weighted by atomic mass is 10.1. The molecular weight excluding hydrogens is 222 g/mol. The Kier molecular flexibility index (Phi) is 4.94. The summed E-state index contributed by atoms with van der Waals surface area (Å²) in [4.78, 5) is 0. The SMILES string of the molecule is O[C@H](C[NH2+]CCc1ccccc1)c1ccccc1. The van der Waals surface area contributed by atoms with Gasteiger partial charge in [0.25, 0.3) is 0 Å². The third-order valence-corrected chi connectivity index (χ3v) is 3.05. The van der Waals surface area contributed by atoms with E-state index in [-0.39, 0.29) is 6.10 Å². The third kappa shape index (κ3) is 3.99. The first-order chi connectivity index (χ1) is 8.86. The molecule has 2 rings (SSSR count). The van der Waals surface area contributed by atoms with Gasteiger partial charge in [0.2, 0.25) is 0 Å². The van der Waals surface area contributed by atoms with Crippen molar-refractivity contribution in [1.29, 1.82) is 0 Å². The molecule has 0 aliphatic carbocycles. The number of quaternary nitrogens is 1. The molecule has 0 saturated heterocycles. The maximum atomic E-state index is 9.99.